The summed E-state index contributed by atoms with van der Waals surface area (Å²) in [6.07, 6.45) is 3.50. The maximum absolute atomic E-state index is 6.25. The van der Waals surface area contributed by atoms with Crippen molar-refractivity contribution in [2.75, 3.05) is 0 Å². The van der Waals surface area contributed by atoms with Gasteiger partial charge < -0.3 is 0 Å². The predicted molar refractivity (Wildman–Crippen MR) is 88.1 cm³/mol. The molecule has 0 N–H and O–H groups in total. The summed E-state index contributed by atoms with van der Waals surface area (Å²) in [5.74, 6) is 0.577. The van der Waals surface area contributed by atoms with Gasteiger partial charge in [0.2, 0.25) is 0 Å². The smallest absolute Gasteiger partial charge is 0.163 e. The molecule has 0 bridgehead atoms. The predicted octanol–water partition coefficient (Wildman–Crippen LogP) is 4.93. The van der Waals surface area contributed by atoms with Crippen LogP contribution in [0.2, 0.25) is 5.15 Å². The van der Waals surface area contributed by atoms with E-state index in [9.17, 15) is 0 Å². The summed E-state index contributed by atoms with van der Waals surface area (Å²) in [5.41, 5.74) is 3.69. The molecule has 0 radical (unpaired) electrons. The largest absolute Gasteiger partial charge is 0.264 e. The maximum atomic E-state index is 6.25. The summed E-state index contributed by atoms with van der Waals surface area (Å²) in [4.78, 5) is 13.2. The van der Waals surface area contributed by atoms with E-state index >= 15 is 0 Å². The van der Waals surface area contributed by atoms with Crippen LogP contribution in [0.3, 0.4) is 0 Å². The minimum atomic E-state index is 0.391. The molecule has 3 aromatic rings. The van der Waals surface area contributed by atoms with Gasteiger partial charge in [0.1, 0.15) is 5.15 Å². The molecule has 0 saturated carbocycles. The molecule has 0 amide bonds. The lowest BCUT2D eigenvalue weighted by Gasteiger charge is -2.09. The van der Waals surface area contributed by atoms with E-state index in [1.165, 1.54) is 0 Å². The lowest BCUT2D eigenvalue weighted by molar-refractivity contribution is 1.14. The number of hydrogen-bond acceptors (Lipinski definition) is 3. The van der Waals surface area contributed by atoms with Crippen LogP contribution in [0.15, 0.2) is 53.3 Å². The van der Waals surface area contributed by atoms with Crippen LogP contribution in [0.1, 0.15) is 5.56 Å². The van der Waals surface area contributed by atoms with Crippen LogP contribution in [0, 0.1) is 6.92 Å². The number of aromatic nitrogens is 3. The molecule has 0 aliphatic heterocycles. The van der Waals surface area contributed by atoms with E-state index in [0.717, 1.165) is 22.4 Å². The Morgan fingerprint density at radius 3 is 2.52 bits per heavy atom. The molecule has 3 rings (SSSR count). The molecule has 0 aliphatic carbocycles. The summed E-state index contributed by atoms with van der Waals surface area (Å²) >= 11 is 9.72. The van der Waals surface area contributed by atoms with Crippen molar-refractivity contribution >= 4 is 27.5 Å². The van der Waals surface area contributed by atoms with Gasteiger partial charge in [-0.3, -0.25) is 4.98 Å². The fraction of sp³-hybridized carbons (Fsp3) is 0.0625. The quantitative estimate of drug-likeness (QED) is 0.608. The Morgan fingerprint density at radius 1 is 1.05 bits per heavy atom. The second-order valence-electron chi connectivity index (χ2n) is 4.56. The fourth-order valence-corrected chi connectivity index (χ4v) is 2.60. The Hall–Kier alpha value is -1.78. The standard InChI is InChI=1S/C16H11BrClN3/c1-10-7-8-19-9-12(10)16-20-14(13(17)15(18)21-16)11-5-3-2-4-6-11/h2-9H,1H3. The third kappa shape index (κ3) is 2.82. The van der Waals surface area contributed by atoms with Crippen molar-refractivity contribution < 1.29 is 0 Å². The maximum Gasteiger partial charge on any atom is 0.163 e. The van der Waals surface area contributed by atoms with Gasteiger partial charge in [0, 0.05) is 23.5 Å². The zero-order chi connectivity index (χ0) is 14.8. The molecule has 5 heteroatoms. The van der Waals surface area contributed by atoms with E-state index < -0.39 is 0 Å². The average molecular weight is 361 g/mol. The summed E-state index contributed by atoms with van der Waals surface area (Å²) < 4.78 is 0.695. The molecule has 2 heterocycles. The first-order chi connectivity index (χ1) is 10.2. The Balaban J connectivity index is 2.22. The van der Waals surface area contributed by atoms with Crippen LogP contribution in [-0.2, 0) is 0 Å². The van der Waals surface area contributed by atoms with Gasteiger partial charge in [0.25, 0.3) is 0 Å². The van der Waals surface area contributed by atoms with E-state index in [4.69, 9.17) is 11.6 Å². The van der Waals surface area contributed by atoms with Crippen LogP contribution in [0.4, 0.5) is 0 Å². The van der Waals surface area contributed by atoms with Crippen molar-refractivity contribution in [2.24, 2.45) is 0 Å². The average Bonchev–Trinajstić information content (AvgIpc) is 2.51. The van der Waals surface area contributed by atoms with Crippen molar-refractivity contribution in [3.8, 4) is 22.6 Å². The topological polar surface area (TPSA) is 38.7 Å². The van der Waals surface area contributed by atoms with Gasteiger partial charge in [-0.25, -0.2) is 9.97 Å². The van der Waals surface area contributed by atoms with Crippen LogP contribution in [0.25, 0.3) is 22.6 Å². The molecular formula is C16H11BrClN3. The van der Waals surface area contributed by atoms with Gasteiger partial charge in [-0.05, 0) is 34.5 Å². The Kier molecular flexibility index (Phi) is 3.99. The van der Waals surface area contributed by atoms with Crippen LogP contribution in [-0.4, -0.2) is 15.0 Å². The summed E-state index contributed by atoms with van der Waals surface area (Å²) in [6.45, 7) is 2.00. The first-order valence-electron chi connectivity index (χ1n) is 6.36. The molecule has 0 saturated heterocycles. The van der Waals surface area contributed by atoms with Crippen LogP contribution in [0.5, 0.6) is 0 Å². The lowest BCUT2D eigenvalue weighted by Crippen LogP contribution is -1.97. The molecule has 0 fully saturated rings. The summed E-state index contributed by atoms with van der Waals surface area (Å²) in [7, 11) is 0. The van der Waals surface area contributed by atoms with Gasteiger partial charge in [0.15, 0.2) is 5.82 Å². The second-order valence-corrected chi connectivity index (χ2v) is 5.71. The van der Waals surface area contributed by atoms with Crippen molar-refractivity contribution in [2.45, 2.75) is 6.92 Å². The molecule has 104 valence electrons. The number of nitrogens with zero attached hydrogens (tertiary/aromatic N) is 3. The zero-order valence-corrected chi connectivity index (χ0v) is 13.6. The molecule has 0 aliphatic rings. The number of hydrogen-bond donors (Lipinski definition) is 0. The Labute approximate surface area is 136 Å². The highest BCUT2D eigenvalue weighted by Crippen LogP contribution is 2.33. The Morgan fingerprint density at radius 2 is 1.81 bits per heavy atom. The normalized spacial score (nSPS) is 10.6. The molecule has 0 spiro atoms. The number of benzene rings is 1. The number of pyridine rings is 1. The first kappa shape index (κ1) is 14.2. The van der Waals surface area contributed by atoms with Gasteiger partial charge in [-0.2, -0.15) is 0 Å². The first-order valence-corrected chi connectivity index (χ1v) is 7.53. The third-order valence-electron chi connectivity index (χ3n) is 3.14. The van der Waals surface area contributed by atoms with E-state index in [0.29, 0.717) is 15.5 Å². The molecule has 1 aromatic carbocycles. The highest BCUT2D eigenvalue weighted by atomic mass is 79.9. The van der Waals surface area contributed by atoms with Crippen LogP contribution >= 0.6 is 27.5 Å². The third-order valence-corrected chi connectivity index (χ3v) is 4.39. The van der Waals surface area contributed by atoms with Crippen LogP contribution < -0.4 is 0 Å². The van der Waals surface area contributed by atoms with Crippen molar-refractivity contribution in [3.05, 3.63) is 64.0 Å². The van der Waals surface area contributed by atoms with Gasteiger partial charge >= 0.3 is 0 Å². The van der Waals surface area contributed by atoms with E-state index in [-0.39, 0.29) is 0 Å². The molecule has 0 atom stereocenters. The van der Waals surface area contributed by atoms with Gasteiger partial charge in [-0.1, -0.05) is 41.9 Å². The van der Waals surface area contributed by atoms with E-state index in [2.05, 4.69) is 30.9 Å². The van der Waals surface area contributed by atoms with Gasteiger partial charge in [0.05, 0.1) is 10.2 Å². The van der Waals surface area contributed by atoms with Crippen molar-refractivity contribution in [1.82, 2.24) is 15.0 Å². The van der Waals surface area contributed by atoms with Gasteiger partial charge in [-0.15, -0.1) is 0 Å². The van der Waals surface area contributed by atoms with Crippen molar-refractivity contribution in [3.63, 3.8) is 0 Å². The lowest BCUT2D eigenvalue weighted by atomic mass is 10.1. The molecule has 21 heavy (non-hydrogen) atoms. The Bertz CT molecular complexity index is 791. The number of aryl methyl sites for hydroxylation is 1. The van der Waals surface area contributed by atoms with E-state index in [1.807, 2.05) is 43.3 Å². The van der Waals surface area contributed by atoms with E-state index in [1.54, 1.807) is 12.4 Å². The fourth-order valence-electron chi connectivity index (χ4n) is 2.03. The highest BCUT2D eigenvalue weighted by molar-refractivity contribution is 9.10. The minimum Gasteiger partial charge on any atom is -0.264 e. The molecule has 3 nitrogen and oxygen atoms in total. The number of halogens is 2. The second kappa shape index (κ2) is 5.92. The SMILES string of the molecule is Cc1ccncc1-c1nc(Cl)c(Br)c(-c2ccccc2)n1. The minimum absolute atomic E-state index is 0.391. The highest BCUT2D eigenvalue weighted by Gasteiger charge is 2.14. The summed E-state index contributed by atoms with van der Waals surface area (Å²) in [5, 5.41) is 0.391. The molecule has 2 aromatic heterocycles. The monoisotopic (exact) mass is 359 g/mol. The number of rotatable bonds is 2. The molecule has 0 unspecified atom stereocenters. The molecular weight excluding hydrogens is 350 g/mol. The zero-order valence-electron chi connectivity index (χ0n) is 11.2. The summed E-state index contributed by atoms with van der Waals surface area (Å²) in [6, 6.07) is 11.8. The van der Waals surface area contributed by atoms with Crippen molar-refractivity contribution in [1.29, 1.82) is 0 Å².